The van der Waals surface area contributed by atoms with Crippen LogP contribution in [0.3, 0.4) is 0 Å². The molecule has 0 radical (unpaired) electrons. The van der Waals surface area contributed by atoms with Crippen LogP contribution in [0.25, 0.3) is 10.9 Å². The zero-order chi connectivity index (χ0) is 12.4. The fourth-order valence-corrected chi connectivity index (χ4v) is 1.98. The van der Waals surface area contributed by atoms with Crippen LogP contribution < -0.4 is 10.5 Å². The minimum atomic E-state index is -0.309. The summed E-state index contributed by atoms with van der Waals surface area (Å²) in [7, 11) is 1.63. The van der Waals surface area contributed by atoms with Gasteiger partial charge in [0.1, 0.15) is 5.75 Å². The van der Waals surface area contributed by atoms with Gasteiger partial charge >= 0.3 is 0 Å². The van der Waals surface area contributed by atoms with E-state index in [4.69, 9.17) is 10.5 Å². The van der Waals surface area contributed by atoms with Gasteiger partial charge in [-0.3, -0.25) is 0 Å². The van der Waals surface area contributed by atoms with E-state index in [1.165, 1.54) is 0 Å². The van der Waals surface area contributed by atoms with Crippen molar-refractivity contribution < 1.29 is 4.74 Å². The number of nitrogens with two attached hydrogens (primary N) is 1. The summed E-state index contributed by atoms with van der Waals surface area (Å²) in [5, 5.41) is 10.2. The fourth-order valence-electron chi connectivity index (χ4n) is 1.98. The van der Waals surface area contributed by atoms with Crippen molar-refractivity contribution in [3.05, 3.63) is 30.0 Å². The van der Waals surface area contributed by atoms with Crippen molar-refractivity contribution in [2.75, 3.05) is 7.11 Å². The Morgan fingerprint density at radius 1 is 1.47 bits per heavy atom. The Morgan fingerprint density at radius 3 is 2.82 bits per heavy atom. The first-order chi connectivity index (χ1) is 8.17. The molecular weight excluding hydrogens is 214 g/mol. The number of aromatic amines is 1. The lowest BCUT2D eigenvalue weighted by atomic mass is 9.94. The summed E-state index contributed by atoms with van der Waals surface area (Å²) in [6.45, 7) is 1.84. The van der Waals surface area contributed by atoms with E-state index < -0.39 is 0 Å². The smallest absolute Gasteiger partial charge is 0.119 e. The Bertz CT molecular complexity index is 566. The predicted molar refractivity (Wildman–Crippen MR) is 66.9 cm³/mol. The van der Waals surface area contributed by atoms with Crippen molar-refractivity contribution in [3.63, 3.8) is 0 Å². The highest BCUT2D eigenvalue weighted by molar-refractivity contribution is 5.85. The van der Waals surface area contributed by atoms with Gasteiger partial charge in [-0.15, -0.1) is 0 Å². The third-order valence-electron chi connectivity index (χ3n) is 2.92. The Kier molecular flexibility index (Phi) is 3.03. The van der Waals surface area contributed by atoms with Crippen LogP contribution >= 0.6 is 0 Å². The van der Waals surface area contributed by atoms with Gasteiger partial charge in [-0.2, -0.15) is 5.26 Å². The number of aromatic nitrogens is 1. The summed E-state index contributed by atoms with van der Waals surface area (Å²) in [5.41, 5.74) is 7.75. The average Bonchev–Trinajstić information content (AvgIpc) is 2.73. The molecular formula is C13H15N3O. The van der Waals surface area contributed by atoms with Gasteiger partial charge in [0.25, 0.3) is 0 Å². The lowest BCUT2D eigenvalue weighted by Crippen LogP contribution is -2.23. The number of hydrogen-bond acceptors (Lipinski definition) is 3. The molecule has 3 N–H and O–H groups in total. The monoisotopic (exact) mass is 229 g/mol. The molecule has 0 unspecified atom stereocenters. The quantitative estimate of drug-likeness (QED) is 0.846. The molecule has 0 fully saturated rings. The van der Waals surface area contributed by atoms with Crippen molar-refractivity contribution in [3.8, 4) is 11.8 Å². The molecule has 88 valence electrons. The van der Waals surface area contributed by atoms with Gasteiger partial charge in [0.05, 0.1) is 19.1 Å². The second kappa shape index (κ2) is 4.48. The molecule has 4 heteroatoms. The fraction of sp³-hybridized carbons (Fsp3) is 0.308. The van der Waals surface area contributed by atoms with Crippen LogP contribution in [0.4, 0.5) is 0 Å². The number of nitriles is 1. The van der Waals surface area contributed by atoms with Crippen molar-refractivity contribution >= 4 is 10.9 Å². The summed E-state index contributed by atoms with van der Waals surface area (Å²) in [5.74, 6) is 0.468. The van der Waals surface area contributed by atoms with E-state index in [1.54, 1.807) is 7.11 Å². The second-order valence-corrected chi connectivity index (χ2v) is 4.12. The van der Waals surface area contributed by atoms with Crippen LogP contribution in [-0.4, -0.2) is 18.1 Å². The minimum absolute atomic E-state index is 0.204. The van der Waals surface area contributed by atoms with Crippen LogP contribution in [0.1, 0.15) is 18.4 Å². The second-order valence-electron chi connectivity index (χ2n) is 4.12. The van der Waals surface area contributed by atoms with Gasteiger partial charge in [0.2, 0.25) is 0 Å². The topological polar surface area (TPSA) is 74.8 Å². The highest BCUT2D eigenvalue weighted by Crippen LogP contribution is 2.29. The molecule has 0 saturated heterocycles. The molecule has 17 heavy (non-hydrogen) atoms. The Balaban J connectivity index is 2.58. The molecule has 0 aliphatic carbocycles. The maximum atomic E-state index is 9.18. The zero-order valence-electron chi connectivity index (χ0n) is 9.90. The van der Waals surface area contributed by atoms with Crippen molar-refractivity contribution in [2.24, 2.45) is 5.73 Å². The highest BCUT2D eigenvalue weighted by atomic mass is 16.5. The van der Waals surface area contributed by atoms with E-state index in [1.807, 2.05) is 31.3 Å². The minimum Gasteiger partial charge on any atom is -0.497 e. The molecule has 0 amide bonds. The number of methoxy groups -OCH3 is 1. The van der Waals surface area contributed by atoms with Crippen LogP contribution in [0.5, 0.6) is 5.75 Å². The highest BCUT2D eigenvalue weighted by Gasteiger charge is 2.19. The number of rotatable bonds is 3. The van der Waals surface area contributed by atoms with E-state index in [-0.39, 0.29) is 12.0 Å². The van der Waals surface area contributed by atoms with Gasteiger partial charge in [0.15, 0.2) is 0 Å². The molecule has 1 heterocycles. The third kappa shape index (κ3) is 1.97. The molecule has 0 spiro atoms. The number of fused-ring (bicyclic) bond motifs is 1. The molecule has 0 bridgehead atoms. The summed E-state index contributed by atoms with van der Waals surface area (Å²) in [6.07, 6.45) is 1.85. The van der Waals surface area contributed by atoms with E-state index in [0.29, 0.717) is 0 Å². The normalized spacial score (nSPS) is 14.2. The molecule has 1 aromatic carbocycles. The van der Waals surface area contributed by atoms with Gasteiger partial charge in [-0.1, -0.05) is 0 Å². The number of nitrogens with zero attached hydrogens (tertiary/aromatic N) is 1. The van der Waals surface area contributed by atoms with Crippen molar-refractivity contribution in [1.29, 1.82) is 5.26 Å². The lowest BCUT2D eigenvalue weighted by molar-refractivity contribution is 0.415. The standard InChI is InChI=1S/C13H15N3O/c1-8(15)11(6-14)12-7-16-13-4-3-9(17-2)5-10(12)13/h3-5,7-8,11,16H,15H2,1-2H3/t8-,11-/m1/s1. The van der Waals surface area contributed by atoms with Crippen molar-refractivity contribution in [2.45, 2.75) is 18.9 Å². The van der Waals surface area contributed by atoms with Gasteiger partial charge in [0, 0.05) is 23.1 Å². The van der Waals surface area contributed by atoms with Crippen LogP contribution in [-0.2, 0) is 0 Å². The average molecular weight is 229 g/mol. The number of benzene rings is 1. The molecule has 0 aliphatic rings. The first-order valence-electron chi connectivity index (χ1n) is 5.47. The molecule has 0 aliphatic heterocycles. The summed E-state index contributed by atoms with van der Waals surface area (Å²) >= 11 is 0. The van der Waals surface area contributed by atoms with Gasteiger partial charge in [-0.25, -0.2) is 0 Å². The lowest BCUT2D eigenvalue weighted by Gasteiger charge is -2.12. The SMILES string of the molecule is COc1ccc2[nH]cc([C@H](C#N)[C@@H](C)N)c2c1. The molecule has 4 nitrogen and oxygen atoms in total. The number of hydrogen-bond donors (Lipinski definition) is 2. The van der Waals surface area contributed by atoms with Crippen LogP contribution in [0.2, 0.25) is 0 Å². The van der Waals surface area contributed by atoms with E-state index in [9.17, 15) is 5.26 Å². The van der Waals surface area contributed by atoms with Gasteiger partial charge < -0.3 is 15.5 Å². The van der Waals surface area contributed by atoms with Crippen LogP contribution in [0.15, 0.2) is 24.4 Å². The first-order valence-corrected chi connectivity index (χ1v) is 5.47. The number of H-pyrrole nitrogens is 1. The van der Waals surface area contributed by atoms with E-state index in [2.05, 4.69) is 11.1 Å². The summed E-state index contributed by atoms with van der Waals surface area (Å²) in [4.78, 5) is 3.15. The molecule has 2 rings (SSSR count). The van der Waals surface area contributed by atoms with Crippen molar-refractivity contribution in [1.82, 2.24) is 4.98 Å². The predicted octanol–water partition coefficient (Wildman–Crippen LogP) is 2.13. The Morgan fingerprint density at radius 2 is 2.24 bits per heavy atom. The molecule has 2 atom stereocenters. The summed E-state index contributed by atoms with van der Waals surface area (Å²) < 4.78 is 5.19. The van der Waals surface area contributed by atoms with Crippen LogP contribution in [0, 0.1) is 11.3 Å². The summed E-state index contributed by atoms with van der Waals surface area (Å²) in [6, 6.07) is 7.79. The van der Waals surface area contributed by atoms with E-state index >= 15 is 0 Å². The maximum absolute atomic E-state index is 9.18. The van der Waals surface area contributed by atoms with E-state index in [0.717, 1.165) is 22.2 Å². The largest absolute Gasteiger partial charge is 0.497 e. The molecule has 2 aromatic rings. The number of ether oxygens (including phenoxy) is 1. The molecule has 1 aromatic heterocycles. The number of nitrogens with one attached hydrogen (secondary N) is 1. The van der Waals surface area contributed by atoms with Gasteiger partial charge in [-0.05, 0) is 30.7 Å². The Hall–Kier alpha value is -1.99. The molecule has 0 saturated carbocycles. The maximum Gasteiger partial charge on any atom is 0.119 e. The third-order valence-corrected chi connectivity index (χ3v) is 2.92. The first kappa shape index (κ1) is 11.5. The Labute approximate surface area is 100.0 Å². The zero-order valence-corrected chi connectivity index (χ0v) is 9.90.